The van der Waals surface area contributed by atoms with Crippen molar-refractivity contribution in [2.75, 3.05) is 26.2 Å². The number of likely N-dealkylation sites (N-methyl/N-ethyl adjacent to an activating group) is 1. The highest BCUT2D eigenvalue weighted by Gasteiger charge is 2.35. The van der Waals surface area contributed by atoms with Gasteiger partial charge in [0, 0.05) is 19.1 Å². The Morgan fingerprint density at radius 1 is 1.45 bits per heavy atom. The Hall–Kier alpha value is -0.960. The minimum absolute atomic E-state index is 0.0954. The lowest BCUT2D eigenvalue weighted by molar-refractivity contribution is 0.0701. The van der Waals surface area contributed by atoms with E-state index in [1.165, 1.54) is 10.4 Å². The molecular weight excluding hydrogens is 324 g/mol. The minimum Gasteiger partial charge on any atom is -0.477 e. The van der Waals surface area contributed by atoms with Gasteiger partial charge in [-0.1, -0.05) is 13.8 Å². The Bertz CT molecular complexity index is 650. The third-order valence-electron chi connectivity index (χ3n) is 4.14. The summed E-state index contributed by atoms with van der Waals surface area (Å²) in [5.41, 5.74) is 0.496. The van der Waals surface area contributed by atoms with Crippen molar-refractivity contribution in [3.63, 3.8) is 0 Å². The maximum Gasteiger partial charge on any atom is 0.346 e. The zero-order valence-electron chi connectivity index (χ0n) is 13.1. The minimum atomic E-state index is -3.59. The van der Waals surface area contributed by atoms with E-state index in [0.29, 0.717) is 18.7 Å². The van der Waals surface area contributed by atoms with Gasteiger partial charge in [-0.05, 0) is 38.1 Å². The van der Waals surface area contributed by atoms with Gasteiger partial charge in [-0.15, -0.1) is 11.3 Å². The van der Waals surface area contributed by atoms with E-state index < -0.39 is 16.0 Å². The number of nitrogens with zero attached hydrogens (tertiary/aromatic N) is 2. The summed E-state index contributed by atoms with van der Waals surface area (Å²) in [7, 11) is -3.59. The number of aryl methyl sites for hydroxylation is 1. The van der Waals surface area contributed by atoms with Gasteiger partial charge < -0.3 is 5.11 Å². The standard InChI is InChI=1S/C14H22N2O4S2/c1-4-15(5-2)11-6-7-16(9-11)22(19,20)12-8-10(3)13(21-12)14(17)18/h8,11H,4-7,9H2,1-3H3,(H,17,18). The molecule has 6 nitrogen and oxygen atoms in total. The fourth-order valence-corrected chi connectivity index (χ4v) is 5.91. The van der Waals surface area contributed by atoms with Crippen LogP contribution in [0.1, 0.15) is 35.5 Å². The first kappa shape index (κ1) is 17.4. The van der Waals surface area contributed by atoms with Crippen molar-refractivity contribution in [2.24, 2.45) is 0 Å². The van der Waals surface area contributed by atoms with Crippen LogP contribution in [0.5, 0.6) is 0 Å². The fraction of sp³-hybridized carbons (Fsp3) is 0.643. The Labute approximate surface area is 135 Å². The first-order valence-corrected chi connectivity index (χ1v) is 9.64. The van der Waals surface area contributed by atoms with Crippen molar-refractivity contribution in [3.8, 4) is 0 Å². The molecule has 2 rings (SSSR count). The van der Waals surface area contributed by atoms with Crippen LogP contribution in [0.4, 0.5) is 0 Å². The van der Waals surface area contributed by atoms with E-state index in [0.717, 1.165) is 30.8 Å². The van der Waals surface area contributed by atoms with Crippen LogP contribution in [0, 0.1) is 6.92 Å². The third kappa shape index (κ3) is 3.19. The summed E-state index contributed by atoms with van der Waals surface area (Å²) in [6.45, 7) is 8.53. The summed E-state index contributed by atoms with van der Waals surface area (Å²) < 4.78 is 27.0. The monoisotopic (exact) mass is 346 g/mol. The highest BCUT2D eigenvalue weighted by molar-refractivity contribution is 7.91. The van der Waals surface area contributed by atoms with Gasteiger partial charge in [0.1, 0.15) is 9.09 Å². The first-order valence-electron chi connectivity index (χ1n) is 7.39. The molecule has 8 heteroatoms. The van der Waals surface area contributed by atoms with Crippen molar-refractivity contribution in [1.29, 1.82) is 0 Å². The van der Waals surface area contributed by atoms with Gasteiger partial charge in [-0.25, -0.2) is 13.2 Å². The lowest BCUT2D eigenvalue weighted by Gasteiger charge is -2.25. The Balaban J connectivity index is 2.22. The van der Waals surface area contributed by atoms with Crippen molar-refractivity contribution in [2.45, 2.75) is 37.4 Å². The van der Waals surface area contributed by atoms with Gasteiger partial charge in [0.2, 0.25) is 0 Å². The molecule has 0 aliphatic carbocycles. The van der Waals surface area contributed by atoms with Gasteiger partial charge >= 0.3 is 5.97 Å². The molecule has 1 aromatic heterocycles. The van der Waals surface area contributed by atoms with Gasteiger partial charge in [-0.2, -0.15) is 4.31 Å². The molecule has 2 heterocycles. The highest BCUT2D eigenvalue weighted by atomic mass is 32.2. The van der Waals surface area contributed by atoms with Crippen LogP contribution in [-0.2, 0) is 10.0 Å². The Morgan fingerprint density at radius 2 is 2.09 bits per heavy atom. The van der Waals surface area contributed by atoms with Gasteiger partial charge in [0.15, 0.2) is 0 Å². The average molecular weight is 346 g/mol. The molecule has 22 heavy (non-hydrogen) atoms. The third-order valence-corrected chi connectivity index (χ3v) is 7.68. The molecule has 124 valence electrons. The van der Waals surface area contributed by atoms with Crippen molar-refractivity contribution in [1.82, 2.24) is 9.21 Å². The van der Waals surface area contributed by atoms with E-state index in [1.54, 1.807) is 6.92 Å². The molecule has 0 spiro atoms. The van der Waals surface area contributed by atoms with Gasteiger partial charge in [0.05, 0.1) is 0 Å². The van der Waals surface area contributed by atoms with Crippen LogP contribution >= 0.6 is 11.3 Å². The summed E-state index contributed by atoms with van der Waals surface area (Å²) in [5.74, 6) is -1.08. The number of rotatable bonds is 6. The zero-order valence-corrected chi connectivity index (χ0v) is 14.7. The van der Waals surface area contributed by atoms with Crippen LogP contribution < -0.4 is 0 Å². The summed E-state index contributed by atoms with van der Waals surface area (Å²) >= 11 is 0.840. The van der Waals surface area contributed by atoms with Crippen LogP contribution in [0.3, 0.4) is 0 Å². The molecule has 1 aromatic rings. The predicted molar refractivity (Wildman–Crippen MR) is 86.1 cm³/mol. The fourth-order valence-electron chi connectivity index (χ4n) is 2.89. The second-order valence-electron chi connectivity index (χ2n) is 5.41. The van der Waals surface area contributed by atoms with E-state index in [9.17, 15) is 13.2 Å². The van der Waals surface area contributed by atoms with Gasteiger partial charge in [0.25, 0.3) is 10.0 Å². The Morgan fingerprint density at radius 3 is 2.59 bits per heavy atom. The number of hydrogen-bond acceptors (Lipinski definition) is 5. The predicted octanol–water partition coefficient (Wildman–Crippen LogP) is 1.86. The molecule has 0 saturated carbocycles. The highest BCUT2D eigenvalue weighted by Crippen LogP contribution is 2.31. The SMILES string of the molecule is CCN(CC)C1CCN(S(=O)(=O)c2cc(C)c(C(=O)O)s2)C1. The van der Waals surface area contributed by atoms with E-state index >= 15 is 0 Å². The molecule has 1 atom stereocenters. The second kappa shape index (κ2) is 6.66. The smallest absolute Gasteiger partial charge is 0.346 e. The molecule has 1 N–H and O–H groups in total. The number of hydrogen-bond donors (Lipinski definition) is 1. The van der Waals surface area contributed by atoms with Gasteiger partial charge in [-0.3, -0.25) is 4.90 Å². The molecule has 1 fully saturated rings. The Kier molecular flexibility index (Phi) is 5.26. The van der Waals surface area contributed by atoms with E-state index in [2.05, 4.69) is 18.7 Å². The van der Waals surface area contributed by atoms with Crippen LogP contribution in [0.15, 0.2) is 10.3 Å². The zero-order chi connectivity index (χ0) is 16.5. The van der Waals surface area contributed by atoms with Crippen molar-refractivity contribution >= 4 is 27.3 Å². The summed E-state index contributed by atoms with van der Waals surface area (Å²) in [6, 6.07) is 1.71. The maximum atomic E-state index is 12.7. The number of carbonyl (C=O) groups is 1. The number of thiophene rings is 1. The first-order chi connectivity index (χ1) is 10.3. The molecule has 0 aromatic carbocycles. The normalized spacial score (nSPS) is 19.9. The molecule has 0 amide bonds. The number of aromatic carboxylic acids is 1. The topological polar surface area (TPSA) is 77.9 Å². The molecule has 0 radical (unpaired) electrons. The quantitative estimate of drug-likeness (QED) is 0.851. The lowest BCUT2D eigenvalue weighted by atomic mass is 10.2. The lowest BCUT2D eigenvalue weighted by Crippen LogP contribution is -2.38. The average Bonchev–Trinajstić information content (AvgIpc) is 3.07. The summed E-state index contributed by atoms with van der Waals surface area (Å²) in [4.78, 5) is 13.5. The van der Waals surface area contributed by atoms with E-state index in [-0.39, 0.29) is 15.1 Å². The van der Waals surface area contributed by atoms with E-state index in [1.807, 2.05) is 0 Å². The largest absolute Gasteiger partial charge is 0.477 e. The molecular formula is C14H22N2O4S2. The molecule has 1 saturated heterocycles. The number of sulfonamides is 1. The van der Waals surface area contributed by atoms with Crippen LogP contribution in [0.25, 0.3) is 0 Å². The number of carboxylic acids is 1. The molecule has 1 aliphatic heterocycles. The molecule has 1 unspecified atom stereocenters. The second-order valence-corrected chi connectivity index (χ2v) is 8.63. The van der Waals surface area contributed by atoms with Crippen LogP contribution in [0.2, 0.25) is 0 Å². The van der Waals surface area contributed by atoms with Crippen molar-refractivity contribution in [3.05, 3.63) is 16.5 Å². The summed E-state index contributed by atoms with van der Waals surface area (Å²) in [6.07, 6.45) is 0.817. The number of carboxylic acid groups (broad SMARTS) is 1. The van der Waals surface area contributed by atoms with Crippen LogP contribution in [-0.4, -0.2) is 60.9 Å². The van der Waals surface area contributed by atoms with Crippen molar-refractivity contribution < 1.29 is 18.3 Å². The maximum absolute atomic E-state index is 12.7. The molecule has 0 bridgehead atoms. The summed E-state index contributed by atoms with van der Waals surface area (Å²) in [5, 5.41) is 9.08. The molecule has 1 aliphatic rings. The van der Waals surface area contributed by atoms with E-state index in [4.69, 9.17) is 5.11 Å².